The first-order valence-corrected chi connectivity index (χ1v) is 10.8. The van der Waals surface area contributed by atoms with Gasteiger partial charge in [-0.15, -0.1) is 0 Å². The molecule has 9 heteroatoms. The van der Waals surface area contributed by atoms with E-state index in [1.54, 1.807) is 6.92 Å². The van der Waals surface area contributed by atoms with Gasteiger partial charge in [-0.1, -0.05) is 67.6 Å². The van der Waals surface area contributed by atoms with E-state index in [0.717, 1.165) is 11.1 Å². The highest BCUT2D eigenvalue weighted by molar-refractivity contribution is 5.90. The SMILES string of the molecule is COC(=O)[C@H](C[C@H](C)C(=O)OC)NC(=O)[C@@H](Cc1ccccc1)NC(=O)OCc1ccccc1. The van der Waals surface area contributed by atoms with Crippen molar-refractivity contribution < 1.29 is 33.4 Å². The summed E-state index contributed by atoms with van der Waals surface area (Å²) in [5.74, 6) is -2.51. The van der Waals surface area contributed by atoms with Gasteiger partial charge in [-0.3, -0.25) is 9.59 Å². The number of benzene rings is 2. The monoisotopic (exact) mass is 470 g/mol. The average molecular weight is 471 g/mol. The van der Waals surface area contributed by atoms with Crippen LogP contribution in [0.3, 0.4) is 0 Å². The molecule has 0 bridgehead atoms. The summed E-state index contributed by atoms with van der Waals surface area (Å²) < 4.78 is 14.7. The van der Waals surface area contributed by atoms with E-state index >= 15 is 0 Å². The van der Waals surface area contributed by atoms with Crippen molar-refractivity contribution in [3.8, 4) is 0 Å². The van der Waals surface area contributed by atoms with Crippen molar-refractivity contribution in [2.45, 2.75) is 38.5 Å². The lowest BCUT2D eigenvalue weighted by Gasteiger charge is -2.23. The zero-order chi connectivity index (χ0) is 24.9. The Kier molecular flexibility index (Phi) is 10.6. The van der Waals surface area contributed by atoms with E-state index in [1.165, 1.54) is 14.2 Å². The zero-order valence-electron chi connectivity index (χ0n) is 19.5. The fraction of sp³-hybridized carbons (Fsp3) is 0.360. The molecular formula is C25H30N2O7. The molecule has 0 unspecified atom stereocenters. The van der Waals surface area contributed by atoms with Crippen LogP contribution in [0, 0.1) is 5.92 Å². The van der Waals surface area contributed by atoms with Crippen LogP contribution in [0.1, 0.15) is 24.5 Å². The van der Waals surface area contributed by atoms with Crippen molar-refractivity contribution in [1.82, 2.24) is 10.6 Å². The minimum Gasteiger partial charge on any atom is -0.469 e. The normalized spacial score (nSPS) is 13.0. The van der Waals surface area contributed by atoms with E-state index in [2.05, 4.69) is 10.6 Å². The summed E-state index contributed by atoms with van der Waals surface area (Å²) in [6.07, 6.45) is -0.646. The molecule has 0 fully saturated rings. The number of ether oxygens (including phenoxy) is 3. The zero-order valence-corrected chi connectivity index (χ0v) is 19.5. The number of nitrogens with one attached hydrogen (secondary N) is 2. The van der Waals surface area contributed by atoms with E-state index in [-0.39, 0.29) is 19.4 Å². The molecule has 0 saturated carbocycles. The van der Waals surface area contributed by atoms with Crippen molar-refractivity contribution in [2.24, 2.45) is 5.92 Å². The fourth-order valence-electron chi connectivity index (χ4n) is 3.25. The van der Waals surface area contributed by atoms with Crippen molar-refractivity contribution in [2.75, 3.05) is 14.2 Å². The van der Waals surface area contributed by atoms with E-state index < -0.39 is 41.9 Å². The van der Waals surface area contributed by atoms with Crippen LogP contribution >= 0.6 is 0 Å². The molecule has 0 saturated heterocycles. The number of alkyl carbamates (subject to hydrolysis) is 1. The van der Waals surface area contributed by atoms with Crippen LogP contribution in [0.2, 0.25) is 0 Å². The number of esters is 2. The van der Waals surface area contributed by atoms with E-state index in [0.29, 0.717) is 0 Å². The number of hydrogen-bond donors (Lipinski definition) is 2. The molecule has 3 atom stereocenters. The van der Waals surface area contributed by atoms with Crippen LogP contribution in [0.5, 0.6) is 0 Å². The van der Waals surface area contributed by atoms with Gasteiger partial charge in [0.1, 0.15) is 18.7 Å². The maximum Gasteiger partial charge on any atom is 0.408 e. The molecule has 0 aromatic heterocycles. The molecule has 0 radical (unpaired) electrons. The van der Waals surface area contributed by atoms with Crippen LogP contribution in [-0.4, -0.2) is 50.2 Å². The average Bonchev–Trinajstić information content (AvgIpc) is 2.86. The van der Waals surface area contributed by atoms with Crippen molar-refractivity contribution in [3.05, 3.63) is 71.8 Å². The first kappa shape index (κ1) is 26.4. The van der Waals surface area contributed by atoms with Gasteiger partial charge in [-0.25, -0.2) is 9.59 Å². The second kappa shape index (κ2) is 13.6. The van der Waals surface area contributed by atoms with Gasteiger partial charge in [0.2, 0.25) is 5.91 Å². The molecule has 9 nitrogen and oxygen atoms in total. The Morgan fingerprint density at radius 1 is 0.765 bits per heavy atom. The predicted octanol–water partition coefficient (Wildman–Crippen LogP) is 2.38. The number of hydrogen-bond acceptors (Lipinski definition) is 7. The maximum atomic E-state index is 13.1. The third-order valence-corrected chi connectivity index (χ3v) is 5.10. The number of rotatable bonds is 11. The van der Waals surface area contributed by atoms with E-state index in [4.69, 9.17) is 14.2 Å². The van der Waals surface area contributed by atoms with Crippen LogP contribution < -0.4 is 10.6 Å². The molecule has 2 aromatic carbocycles. The molecule has 0 aliphatic carbocycles. The molecule has 0 spiro atoms. The van der Waals surface area contributed by atoms with Crippen LogP contribution in [0.25, 0.3) is 0 Å². The van der Waals surface area contributed by atoms with Gasteiger partial charge in [0.15, 0.2) is 0 Å². The van der Waals surface area contributed by atoms with Gasteiger partial charge < -0.3 is 24.8 Å². The van der Waals surface area contributed by atoms with Crippen molar-refractivity contribution in [1.29, 1.82) is 0 Å². The Bertz CT molecular complexity index is 950. The van der Waals surface area contributed by atoms with Crippen LogP contribution in [0.4, 0.5) is 4.79 Å². The molecule has 182 valence electrons. The summed E-state index contributed by atoms with van der Waals surface area (Å²) in [6, 6.07) is 16.1. The third kappa shape index (κ3) is 8.57. The minimum absolute atomic E-state index is 0.0262. The van der Waals surface area contributed by atoms with Crippen molar-refractivity contribution >= 4 is 23.9 Å². The first-order valence-electron chi connectivity index (χ1n) is 10.8. The fourth-order valence-corrected chi connectivity index (χ4v) is 3.25. The van der Waals surface area contributed by atoms with E-state index in [9.17, 15) is 19.2 Å². The number of amides is 2. The molecule has 0 heterocycles. The van der Waals surface area contributed by atoms with Crippen molar-refractivity contribution in [3.63, 3.8) is 0 Å². The smallest absolute Gasteiger partial charge is 0.408 e. The molecule has 2 aromatic rings. The summed E-state index contributed by atoms with van der Waals surface area (Å²) in [7, 11) is 2.43. The van der Waals surface area contributed by atoms with Crippen LogP contribution in [-0.2, 0) is 41.6 Å². The van der Waals surface area contributed by atoms with Gasteiger partial charge in [-0.2, -0.15) is 0 Å². The lowest BCUT2D eigenvalue weighted by Crippen LogP contribution is -2.53. The number of carbonyl (C=O) groups is 4. The van der Waals surface area contributed by atoms with Gasteiger partial charge in [0.25, 0.3) is 0 Å². The maximum absolute atomic E-state index is 13.1. The standard InChI is InChI=1S/C25H30N2O7/c1-17(23(29)32-2)14-21(24(30)33-3)26-22(28)20(15-18-10-6-4-7-11-18)27-25(31)34-16-19-12-8-5-9-13-19/h4-13,17,20-21H,14-16H2,1-3H3,(H,26,28)(H,27,31)/t17-,20+,21-/m0/s1. The first-order chi connectivity index (χ1) is 16.3. The third-order valence-electron chi connectivity index (χ3n) is 5.10. The summed E-state index contributed by atoms with van der Waals surface area (Å²) in [5, 5.41) is 5.15. The Hall–Kier alpha value is -3.88. The Morgan fingerprint density at radius 3 is 1.88 bits per heavy atom. The molecule has 2 N–H and O–H groups in total. The molecule has 34 heavy (non-hydrogen) atoms. The summed E-state index contributed by atoms with van der Waals surface area (Å²) in [4.78, 5) is 49.6. The Balaban J connectivity index is 2.11. The van der Waals surface area contributed by atoms with Gasteiger partial charge >= 0.3 is 18.0 Å². The molecule has 2 amide bonds. The highest BCUT2D eigenvalue weighted by atomic mass is 16.5. The van der Waals surface area contributed by atoms with E-state index in [1.807, 2.05) is 60.7 Å². The lowest BCUT2D eigenvalue weighted by molar-refractivity contribution is -0.149. The topological polar surface area (TPSA) is 120 Å². The van der Waals surface area contributed by atoms with Crippen LogP contribution in [0.15, 0.2) is 60.7 Å². The van der Waals surface area contributed by atoms with Gasteiger partial charge in [-0.05, 0) is 17.5 Å². The minimum atomic E-state index is -1.10. The molecule has 0 aliphatic rings. The Labute approximate surface area is 198 Å². The second-order valence-electron chi connectivity index (χ2n) is 7.69. The summed E-state index contributed by atoms with van der Waals surface area (Å²) >= 11 is 0. The quantitative estimate of drug-likeness (QED) is 0.382. The van der Waals surface area contributed by atoms with Gasteiger partial charge in [0, 0.05) is 6.42 Å². The highest BCUT2D eigenvalue weighted by Gasteiger charge is 2.31. The predicted molar refractivity (Wildman–Crippen MR) is 123 cm³/mol. The second-order valence-corrected chi connectivity index (χ2v) is 7.69. The lowest BCUT2D eigenvalue weighted by atomic mass is 10.0. The number of methoxy groups -OCH3 is 2. The molecular weight excluding hydrogens is 440 g/mol. The summed E-state index contributed by atoms with van der Waals surface area (Å²) in [6.45, 7) is 1.61. The molecule has 2 rings (SSSR count). The molecule has 0 aliphatic heterocycles. The largest absolute Gasteiger partial charge is 0.469 e. The Morgan fingerprint density at radius 2 is 1.32 bits per heavy atom. The highest BCUT2D eigenvalue weighted by Crippen LogP contribution is 2.11. The number of carbonyl (C=O) groups excluding carboxylic acids is 4. The summed E-state index contributed by atoms with van der Waals surface area (Å²) in [5.41, 5.74) is 1.59. The van der Waals surface area contributed by atoms with Gasteiger partial charge in [0.05, 0.1) is 20.1 Å².